The van der Waals surface area contributed by atoms with Crippen molar-refractivity contribution in [3.8, 4) is 11.8 Å². The third kappa shape index (κ3) is 3.38. The molecule has 0 aromatic carbocycles. The van der Waals surface area contributed by atoms with Gasteiger partial charge in [-0.05, 0) is 49.2 Å². The molecule has 2 aromatic rings. The summed E-state index contributed by atoms with van der Waals surface area (Å²) in [6.45, 7) is 0. The first kappa shape index (κ1) is 16.1. The zero-order valence-electron chi connectivity index (χ0n) is 13.6. The van der Waals surface area contributed by atoms with Crippen molar-refractivity contribution in [1.82, 2.24) is 10.3 Å². The Morgan fingerprint density at radius 1 is 1.24 bits per heavy atom. The molecule has 25 heavy (non-hydrogen) atoms. The van der Waals surface area contributed by atoms with E-state index in [1.54, 1.807) is 18.3 Å². The van der Waals surface area contributed by atoms with Gasteiger partial charge < -0.3 is 10.4 Å². The van der Waals surface area contributed by atoms with Crippen LogP contribution in [0.15, 0.2) is 18.3 Å². The number of aliphatic carboxylic acids is 1. The minimum atomic E-state index is -1.16. The van der Waals surface area contributed by atoms with Crippen LogP contribution in [0.25, 0.3) is 10.1 Å². The van der Waals surface area contributed by atoms with Crippen molar-refractivity contribution in [3.63, 3.8) is 0 Å². The monoisotopic (exact) mass is 354 g/mol. The lowest BCUT2D eigenvalue weighted by Gasteiger charge is -2.42. The largest absolute Gasteiger partial charge is 0.472 e. The number of nitrogens with one attached hydrogen (secondary N) is 1. The van der Waals surface area contributed by atoms with Crippen LogP contribution in [0, 0.1) is 23.7 Å². The molecule has 5 rings (SSSR count). The van der Waals surface area contributed by atoms with Gasteiger partial charge in [-0.25, -0.2) is 4.79 Å². The van der Waals surface area contributed by atoms with Gasteiger partial charge in [-0.15, -0.1) is 11.3 Å². The Morgan fingerprint density at radius 3 is 2.72 bits per heavy atom. The van der Waals surface area contributed by atoms with Gasteiger partial charge in [-0.1, -0.05) is 12.8 Å². The molecule has 0 saturated heterocycles. The van der Waals surface area contributed by atoms with Crippen LogP contribution in [-0.2, 0) is 4.79 Å². The minimum absolute atomic E-state index is 0.119. The molecule has 6 heteroatoms. The van der Waals surface area contributed by atoms with Crippen LogP contribution in [0.2, 0.25) is 0 Å². The lowest BCUT2D eigenvalue weighted by Crippen LogP contribution is -2.47. The molecule has 2 bridgehead atoms. The fraction of sp³-hybridized carbons (Fsp3) is 0.421. The van der Waals surface area contributed by atoms with E-state index in [-0.39, 0.29) is 11.9 Å². The summed E-state index contributed by atoms with van der Waals surface area (Å²) in [5, 5.41) is 12.7. The van der Waals surface area contributed by atoms with E-state index in [9.17, 15) is 9.59 Å². The van der Waals surface area contributed by atoms with E-state index >= 15 is 0 Å². The first-order valence-corrected chi connectivity index (χ1v) is 9.35. The van der Waals surface area contributed by atoms with Gasteiger partial charge in [0.1, 0.15) is 5.69 Å². The van der Waals surface area contributed by atoms with Gasteiger partial charge in [0.15, 0.2) is 0 Å². The van der Waals surface area contributed by atoms with Crippen molar-refractivity contribution in [2.45, 2.75) is 38.1 Å². The summed E-state index contributed by atoms with van der Waals surface area (Å²) in [6, 6.07) is 3.84. The van der Waals surface area contributed by atoms with Crippen molar-refractivity contribution in [2.75, 3.05) is 0 Å². The summed E-state index contributed by atoms with van der Waals surface area (Å²) in [6.07, 6.45) is 7.79. The zero-order valence-corrected chi connectivity index (χ0v) is 14.4. The molecule has 1 amide bonds. The summed E-state index contributed by atoms with van der Waals surface area (Å²) >= 11 is 1.37. The van der Waals surface area contributed by atoms with Crippen LogP contribution in [0.1, 0.15) is 47.5 Å². The molecule has 128 valence electrons. The predicted octanol–water partition coefficient (Wildman–Crippen LogP) is 3.04. The Labute approximate surface area is 149 Å². The standard InChI is InChI=1S/C19H18N2O3S/c22-18(23)6-5-14-8-13-10-20-16(9-17(13)25-14)19(24)21-15-7-11-1-3-12(15)4-2-11/h8-12,15H,1-4,7H2,(H,21,24)(H,22,23). The lowest BCUT2D eigenvalue weighted by molar-refractivity contribution is -0.130. The highest BCUT2D eigenvalue weighted by Crippen LogP contribution is 2.41. The van der Waals surface area contributed by atoms with Crippen LogP contribution in [0.4, 0.5) is 0 Å². The first-order chi connectivity index (χ1) is 12.1. The van der Waals surface area contributed by atoms with E-state index in [0.717, 1.165) is 22.4 Å². The molecule has 1 atom stereocenters. The Balaban J connectivity index is 1.52. The maximum Gasteiger partial charge on any atom is 0.382 e. The van der Waals surface area contributed by atoms with Gasteiger partial charge in [-0.2, -0.15) is 0 Å². The maximum atomic E-state index is 12.6. The zero-order chi connectivity index (χ0) is 17.4. The molecule has 2 N–H and O–H groups in total. The lowest BCUT2D eigenvalue weighted by atomic mass is 9.68. The molecule has 2 aromatic heterocycles. The topological polar surface area (TPSA) is 79.3 Å². The van der Waals surface area contributed by atoms with Crippen molar-refractivity contribution in [3.05, 3.63) is 28.9 Å². The van der Waals surface area contributed by atoms with Crippen LogP contribution in [0.3, 0.4) is 0 Å². The number of fused-ring (bicyclic) bond motifs is 4. The number of carbonyl (C=O) groups excluding carboxylic acids is 1. The molecule has 5 nitrogen and oxygen atoms in total. The molecule has 0 aliphatic heterocycles. The van der Waals surface area contributed by atoms with Gasteiger partial charge in [0.25, 0.3) is 5.91 Å². The van der Waals surface area contributed by atoms with Gasteiger partial charge in [0.2, 0.25) is 0 Å². The SMILES string of the molecule is O=C(O)C#Cc1cc2cnc(C(=O)NC3CC4CCC3CC4)cc2s1. The molecule has 0 radical (unpaired) electrons. The number of carboxylic acid groups (broad SMARTS) is 1. The highest BCUT2D eigenvalue weighted by atomic mass is 32.1. The number of thiophene rings is 1. The van der Waals surface area contributed by atoms with Crippen LogP contribution < -0.4 is 5.32 Å². The normalized spacial score (nSPS) is 24.6. The second-order valence-corrected chi connectivity index (χ2v) is 7.95. The van der Waals surface area contributed by atoms with E-state index in [0.29, 0.717) is 16.5 Å². The molecule has 3 fully saturated rings. The van der Waals surface area contributed by atoms with Gasteiger partial charge in [0.05, 0.1) is 4.88 Å². The predicted molar refractivity (Wildman–Crippen MR) is 95.5 cm³/mol. The highest BCUT2D eigenvalue weighted by Gasteiger charge is 2.36. The molecule has 3 saturated carbocycles. The molecule has 2 heterocycles. The number of rotatable bonds is 2. The van der Waals surface area contributed by atoms with E-state index in [1.807, 2.05) is 0 Å². The van der Waals surface area contributed by atoms with Crippen LogP contribution >= 0.6 is 11.3 Å². The first-order valence-electron chi connectivity index (χ1n) is 8.54. The number of carboxylic acids is 1. The van der Waals surface area contributed by atoms with Crippen LogP contribution in [-0.4, -0.2) is 28.0 Å². The number of hydrogen-bond acceptors (Lipinski definition) is 4. The molecule has 1 unspecified atom stereocenters. The molecule has 3 aliphatic rings. The van der Waals surface area contributed by atoms with E-state index in [1.165, 1.54) is 37.0 Å². The van der Waals surface area contributed by atoms with Crippen molar-refractivity contribution in [2.24, 2.45) is 11.8 Å². The fourth-order valence-electron chi connectivity index (χ4n) is 4.03. The molecule has 3 aliphatic carbocycles. The van der Waals surface area contributed by atoms with Gasteiger partial charge >= 0.3 is 5.97 Å². The van der Waals surface area contributed by atoms with Crippen molar-refractivity contribution in [1.29, 1.82) is 0 Å². The van der Waals surface area contributed by atoms with Crippen molar-refractivity contribution < 1.29 is 14.7 Å². The number of carbonyl (C=O) groups is 2. The number of amides is 1. The average Bonchev–Trinajstić information content (AvgIpc) is 3.03. The molecule has 0 spiro atoms. The van der Waals surface area contributed by atoms with E-state index in [2.05, 4.69) is 22.1 Å². The van der Waals surface area contributed by atoms with Crippen molar-refractivity contribution >= 4 is 33.3 Å². The maximum absolute atomic E-state index is 12.6. The summed E-state index contributed by atoms with van der Waals surface area (Å²) in [4.78, 5) is 28.0. The smallest absolute Gasteiger partial charge is 0.382 e. The quantitative estimate of drug-likeness (QED) is 0.813. The number of nitrogens with zero attached hydrogens (tertiary/aromatic N) is 1. The number of aromatic nitrogens is 1. The van der Waals surface area contributed by atoms with Gasteiger partial charge in [-0.3, -0.25) is 9.78 Å². The summed E-state index contributed by atoms with van der Waals surface area (Å²) < 4.78 is 0.889. The Hall–Kier alpha value is -2.39. The van der Waals surface area contributed by atoms with E-state index in [4.69, 9.17) is 5.11 Å². The number of hydrogen-bond donors (Lipinski definition) is 2. The average molecular weight is 354 g/mol. The Kier molecular flexibility index (Phi) is 4.18. The summed E-state index contributed by atoms with van der Waals surface area (Å²) in [5.74, 6) is 4.81. The minimum Gasteiger partial charge on any atom is -0.472 e. The molecular weight excluding hydrogens is 336 g/mol. The second-order valence-electron chi connectivity index (χ2n) is 6.87. The third-order valence-electron chi connectivity index (χ3n) is 5.29. The van der Waals surface area contributed by atoms with Crippen LogP contribution in [0.5, 0.6) is 0 Å². The fourth-order valence-corrected chi connectivity index (χ4v) is 4.96. The number of pyridine rings is 1. The Morgan fingerprint density at radius 2 is 2.04 bits per heavy atom. The molecular formula is C19H18N2O3S. The summed E-state index contributed by atoms with van der Waals surface area (Å²) in [5.41, 5.74) is 0.411. The second kappa shape index (κ2) is 6.49. The van der Waals surface area contributed by atoms with Gasteiger partial charge in [0, 0.05) is 28.2 Å². The summed E-state index contributed by atoms with van der Waals surface area (Å²) in [7, 11) is 0. The van der Waals surface area contributed by atoms with E-state index < -0.39 is 5.97 Å². The third-order valence-corrected chi connectivity index (χ3v) is 6.30. The highest BCUT2D eigenvalue weighted by molar-refractivity contribution is 7.19. The Bertz CT molecular complexity index is 900.